The maximum Gasteiger partial charge on any atom is 0.282 e. The molecule has 1 aliphatic rings. The number of hydrogen-bond acceptors (Lipinski definition) is 4. The molecule has 1 heterocycles. The average Bonchev–Trinajstić information content (AvgIpc) is 3.12. The highest BCUT2D eigenvalue weighted by Gasteiger charge is 2.40. The summed E-state index contributed by atoms with van der Waals surface area (Å²) in [6, 6.07) is 28.6. The van der Waals surface area contributed by atoms with Crippen LogP contribution in [-0.2, 0) is 9.59 Å². The molecule has 0 saturated heterocycles. The number of benzene rings is 4. The number of amides is 2. The third-order valence-electron chi connectivity index (χ3n) is 6.11. The van der Waals surface area contributed by atoms with Gasteiger partial charge in [-0.3, -0.25) is 9.59 Å². The van der Waals surface area contributed by atoms with Crippen LogP contribution in [0.5, 0.6) is 5.75 Å². The zero-order valence-corrected chi connectivity index (χ0v) is 19.7. The molecule has 1 N–H and O–H groups in total. The number of carbonyl (C=O) groups excluding carboxylic acids is 2. The summed E-state index contributed by atoms with van der Waals surface area (Å²) in [6.07, 6.45) is 0.907. The second-order valence-electron chi connectivity index (χ2n) is 8.51. The second kappa shape index (κ2) is 9.47. The van der Waals surface area contributed by atoms with Crippen molar-refractivity contribution in [1.29, 1.82) is 0 Å². The van der Waals surface area contributed by atoms with Crippen LogP contribution in [0.15, 0.2) is 96.7 Å². The highest BCUT2D eigenvalue weighted by Crippen LogP contribution is 2.36. The smallest absolute Gasteiger partial charge is 0.282 e. The van der Waals surface area contributed by atoms with Gasteiger partial charge in [0.05, 0.1) is 17.9 Å². The first kappa shape index (κ1) is 22.4. The summed E-state index contributed by atoms with van der Waals surface area (Å²) in [7, 11) is 0. The van der Waals surface area contributed by atoms with Gasteiger partial charge in [0.2, 0.25) is 0 Å². The quantitative estimate of drug-likeness (QED) is 0.326. The number of nitrogens with one attached hydrogen (secondary N) is 1. The van der Waals surface area contributed by atoms with E-state index in [0.29, 0.717) is 23.4 Å². The minimum Gasteiger partial charge on any atom is -0.494 e. The van der Waals surface area contributed by atoms with E-state index in [1.807, 2.05) is 98.8 Å². The molecule has 0 saturated carbocycles. The number of ether oxygens (including phenoxy) is 1. The molecule has 4 aromatic rings. The van der Waals surface area contributed by atoms with E-state index in [1.165, 1.54) is 4.90 Å². The second-order valence-corrected chi connectivity index (χ2v) is 8.51. The van der Waals surface area contributed by atoms with Crippen LogP contribution in [0.25, 0.3) is 16.3 Å². The van der Waals surface area contributed by atoms with Crippen LogP contribution in [-0.4, -0.2) is 18.4 Å². The number of imide groups is 1. The maximum atomic E-state index is 13.8. The number of anilines is 2. The van der Waals surface area contributed by atoms with Crippen molar-refractivity contribution in [2.24, 2.45) is 0 Å². The molecule has 174 valence electrons. The highest BCUT2D eigenvalue weighted by molar-refractivity contribution is 6.46. The summed E-state index contributed by atoms with van der Waals surface area (Å²) < 4.78 is 5.70. The lowest BCUT2D eigenvalue weighted by atomic mass is 10.0. The third kappa shape index (κ3) is 4.17. The summed E-state index contributed by atoms with van der Waals surface area (Å²) in [5.74, 6) is 0.0000944. The van der Waals surface area contributed by atoms with E-state index in [-0.39, 0.29) is 17.5 Å². The Kier molecular flexibility index (Phi) is 6.06. The van der Waals surface area contributed by atoms with E-state index < -0.39 is 0 Å². The van der Waals surface area contributed by atoms with E-state index >= 15 is 0 Å². The van der Waals surface area contributed by atoms with Gasteiger partial charge < -0.3 is 10.1 Å². The van der Waals surface area contributed by atoms with E-state index in [4.69, 9.17) is 4.74 Å². The van der Waals surface area contributed by atoms with Crippen molar-refractivity contribution in [3.8, 4) is 5.75 Å². The van der Waals surface area contributed by atoms with Crippen LogP contribution in [0.4, 0.5) is 11.4 Å². The van der Waals surface area contributed by atoms with Gasteiger partial charge in [-0.05, 0) is 54.1 Å². The van der Waals surface area contributed by atoms with Crippen LogP contribution < -0.4 is 15.0 Å². The maximum absolute atomic E-state index is 13.8. The van der Waals surface area contributed by atoms with Crippen LogP contribution in [0.2, 0.25) is 0 Å². The topological polar surface area (TPSA) is 58.6 Å². The fourth-order valence-corrected chi connectivity index (χ4v) is 4.35. The predicted molar refractivity (Wildman–Crippen MR) is 140 cm³/mol. The Balaban J connectivity index is 1.62. The van der Waals surface area contributed by atoms with Crippen molar-refractivity contribution in [2.45, 2.75) is 20.3 Å². The number of rotatable bonds is 7. The normalized spacial score (nSPS) is 13.6. The molecule has 0 bridgehead atoms. The van der Waals surface area contributed by atoms with E-state index in [9.17, 15) is 9.59 Å². The van der Waals surface area contributed by atoms with Crippen molar-refractivity contribution >= 4 is 39.5 Å². The van der Waals surface area contributed by atoms with E-state index in [0.717, 1.165) is 34.2 Å². The van der Waals surface area contributed by atoms with Crippen LogP contribution in [0, 0.1) is 6.92 Å². The minimum absolute atomic E-state index is 0.261. The van der Waals surface area contributed by atoms with Crippen molar-refractivity contribution < 1.29 is 14.3 Å². The molecule has 0 fully saturated rings. The Morgan fingerprint density at radius 3 is 2.29 bits per heavy atom. The average molecular weight is 463 g/mol. The Hall–Kier alpha value is -4.38. The molecule has 0 radical (unpaired) electrons. The molecule has 0 aromatic heterocycles. The van der Waals surface area contributed by atoms with Gasteiger partial charge in [-0.25, -0.2) is 4.90 Å². The van der Waals surface area contributed by atoms with Crippen molar-refractivity contribution in [3.05, 3.63) is 108 Å². The summed E-state index contributed by atoms with van der Waals surface area (Å²) in [5.41, 5.74) is 3.46. The number of hydrogen-bond donors (Lipinski definition) is 1. The molecule has 2 amide bonds. The number of nitrogens with zero attached hydrogens (tertiary/aromatic N) is 1. The Labute approximate surface area is 204 Å². The molecule has 0 atom stereocenters. The van der Waals surface area contributed by atoms with Gasteiger partial charge in [-0.15, -0.1) is 0 Å². The Morgan fingerprint density at radius 1 is 0.800 bits per heavy atom. The standard InChI is InChI=1S/C30H26N2O3/c1-3-19-35-23-17-15-22(16-18-23)27-28(31-25-13-8-11-21-10-5-6-12-24(21)25)30(34)32(29(27)33)26-14-7-4-9-20(26)2/h4-18,31H,3,19H2,1-2H3. The van der Waals surface area contributed by atoms with Gasteiger partial charge in [0.1, 0.15) is 11.4 Å². The molecule has 4 aromatic carbocycles. The van der Waals surface area contributed by atoms with Crippen LogP contribution in [0.1, 0.15) is 24.5 Å². The molecule has 5 nitrogen and oxygen atoms in total. The lowest BCUT2D eigenvalue weighted by molar-refractivity contribution is -0.120. The first-order valence-electron chi connectivity index (χ1n) is 11.7. The molecule has 5 rings (SSSR count). The highest BCUT2D eigenvalue weighted by atomic mass is 16.5. The zero-order chi connectivity index (χ0) is 24.4. The van der Waals surface area contributed by atoms with Gasteiger partial charge in [0, 0.05) is 11.1 Å². The molecule has 0 unspecified atom stereocenters. The summed E-state index contributed by atoms with van der Waals surface area (Å²) in [5, 5.41) is 5.33. The first-order chi connectivity index (χ1) is 17.1. The SMILES string of the molecule is CCCOc1ccc(C2=C(Nc3cccc4ccccc34)C(=O)N(c3ccccc3C)C2=O)cc1. The lowest BCUT2D eigenvalue weighted by Gasteiger charge is -2.18. The summed E-state index contributed by atoms with van der Waals surface area (Å²) in [4.78, 5) is 28.8. The van der Waals surface area contributed by atoms with Gasteiger partial charge in [0.15, 0.2) is 0 Å². The molecule has 5 heteroatoms. The number of para-hydroxylation sites is 1. The lowest BCUT2D eigenvalue weighted by Crippen LogP contribution is -2.33. The fourth-order valence-electron chi connectivity index (χ4n) is 4.35. The Bertz CT molecular complexity index is 1450. The van der Waals surface area contributed by atoms with E-state index in [2.05, 4.69) is 5.32 Å². The largest absolute Gasteiger partial charge is 0.494 e. The van der Waals surface area contributed by atoms with Crippen molar-refractivity contribution in [2.75, 3.05) is 16.8 Å². The molecule has 35 heavy (non-hydrogen) atoms. The van der Waals surface area contributed by atoms with Gasteiger partial charge in [-0.2, -0.15) is 0 Å². The predicted octanol–water partition coefficient (Wildman–Crippen LogP) is 6.33. The molecular formula is C30H26N2O3. The molecule has 0 aliphatic carbocycles. The summed E-state index contributed by atoms with van der Waals surface area (Å²) in [6.45, 7) is 4.56. The Morgan fingerprint density at radius 2 is 1.51 bits per heavy atom. The molecule has 1 aliphatic heterocycles. The number of aryl methyl sites for hydroxylation is 1. The fraction of sp³-hybridized carbons (Fsp3) is 0.133. The molecule has 0 spiro atoms. The third-order valence-corrected chi connectivity index (χ3v) is 6.11. The monoisotopic (exact) mass is 462 g/mol. The van der Waals surface area contributed by atoms with Crippen LogP contribution >= 0.6 is 0 Å². The molecular weight excluding hydrogens is 436 g/mol. The number of fused-ring (bicyclic) bond motifs is 1. The zero-order valence-electron chi connectivity index (χ0n) is 19.7. The summed E-state index contributed by atoms with van der Waals surface area (Å²) >= 11 is 0. The van der Waals surface area contributed by atoms with Gasteiger partial charge in [0.25, 0.3) is 11.8 Å². The van der Waals surface area contributed by atoms with Crippen LogP contribution in [0.3, 0.4) is 0 Å². The number of carbonyl (C=O) groups is 2. The van der Waals surface area contributed by atoms with Gasteiger partial charge >= 0.3 is 0 Å². The van der Waals surface area contributed by atoms with Crippen molar-refractivity contribution in [1.82, 2.24) is 0 Å². The van der Waals surface area contributed by atoms with Gasteiger partial charge in [-0.1, -0.05) is 73.7 Å². The minimum atomic E-state index is -0.376. The van der Waals surface area contributed by atoms with Crippen molar-refractivity contribution in [3.63, 3.8) is 0 Å². The first-order valence-corrected chi connectivity index (χ1v) is 11.7. The van der Waals surface area contributed by atoms with E-state index in [1.54, 1.807) is 6.07 Å².